The maximum absolute atomic E-state index is 9.68. The van der Waals surface area contributed by atoms with Crippen molar-refractivity contribution in [3.8, 4) is 0 Å². The highest BCUT2D eigenvalue weighted by Crippen LogP contribution is 2.19. The summed E-state index contributed by atoms with van der Waals surface area (Å²) in [5.41, 5.74) is 6.31. The summed E-state index contributed by atoms with van der Waals surface area (Å²) < 4.78 is 0. The van der Waals surface area contributed by atoms with E-state index in [0.717, 1.165) is 5.56 Å². The van der Waals surface area contributed by atoms with Crippen molar-refractivity contribution >= 4 is 0 Å². The molecule has 12 heavy (non-hydrogen) atoms. The molecule has 2 atom stereocenters. The van der Waals surface area contributed by atoms with E-state index in [1.165, 1.54) is 0 Å². The summed E-state index contributed by atoms with van der Waals surface area (Å²) in [6, 6.07) is 3.60. The molecule has 0 saturated heterocycles. The van der Waals surface area contributed by atoms with Crippen molar-refractivity contribution in [3.05, 3.63) is 30.1 Å². The molecule has 1 aromatic rings. The average Bonchev–Trinajstić information content (AvgIpc) is 2.17. The number of nitrogens with zero attached hydrogens (tertiary/aromatic N) is 1. The van der Waals surface area contributed by atoms with Crippen molar-refractivity contribution in [3.63, 3.8) is 0 Å². The van der Waals surface area contributed by atoms with Crippen LogP contribution in [0.5, 0.6) is 0 Å². The molecule has 1 aromatic heterocycles. The van der Waals surface area contributed by atoms with Gasteiger partial charge in [-0.15, -0.1) is 0 Å². The predicted octanol–water partition coefficient (Wildman–Crippen LogP) is 0.710. The summed E-state index contributed by atoms with van der Waals surface area (Å²) in [5, 5.41) is 9.68. The summed E-state index contributed by atoms with van der Waals surface area (Å²) in [7, 11) is 0. The lowest BCUT2D eigenvalue weighted by molar-refractivity contribution is 0.121. The minimum Gasteiger partial charge on any atom is -0.388 e. The van der Waals surface area contributed by atoms with Crippen LogP contribution in [0.3, 0.4) is 0 Å². The third-order valence-electron chi connectivity index (χ3n) is 1.96. The first kappa shape index (κ1) is 9.16. The summed E-state index contributed by atoms with van der Waals surface area (Å²) in [6.07, 6.45) is 2.86. The molecule has 0 aliphatic carbocycles. The van der Waals surface area contributed by atoms with E-state index in [0.29, 0.717) is 6.54 Å². The van der Waals surface area contributed by atoms with Crippen LogP contribution in [0, 0.1) is 5.92 Å². The van der Waals surface area contributed by atoms with E-state index in [1.807, 2.05) is 6.92 Å². The minimum absolute atomic E-state index is 0.0902. The standard InChI is InChI=1S/C9H14N2O/c1-7(6-10)9(12)8-2-4-11-5-3-8/h2-5,7,9,12H,6,10H2,1H3. The van der Waals surface area contributed by atoms with Crippen molar-refractivity contribution in [1.29, 1.82) is 0 Å². The van der Waals surface area contributed by atoms with Gasteiger partial charge in [-0.25, -0.2) is 0 Å². The second-order valence-electron chi connectivity index (χ2n) is 2.94. The monoisotopic (exact) mass is 166 g/mol. The topological polar surface area (TPSA) is 59.1 Å². The summed E-state index contributed by atoms with van der Waals surface area (Å²) in [6.45, 7) is 2.41. The molecular weight excluding hydrogens is 152 g/mol. The zero-order valence-electron chi connectivity index (χ0n) is 7.14. The van der Waals surface area contributed by atoms with Gasteiger partial charge in [0.15, 0.2) is 0 Å². The summed E-state index contributed by atoms with van der Waals surface area (Å²) >= 11 is 0. The number of nitrogens with two attached hydrogens (primary N) is 1. The fourth-order valence-electron chi connectivity index (χ4n) is 1.02. The zero-order chi connectivity index (χ0) is 8.97. The third kappa shape index (κ3) is 2.03. The summed E-state index contributed by atoms with van der Waals surface area (Å²) in [5.74, 6) is 0.0902. The Hall–Kier alpha value is -0.930. The minimum atomic E-state index is -0.474. The van der Waals surface area contributed by atoms with Gasteiger partial charge in [-0.05, 0) is 30.2 Å². The van der Waals surface area contributed by atoms with Crippen LogP contribution in [0.4, 0.5) is 0 Å². The Balaban J connectivity index is 2.71. The van der Waals surface area contributed by atoms with Crippen LogP contribution in [0.1, 0.15) is 18.6 Å². The third-order valence-corrected chi connectivity index (χ3v) is 1.96. The molecule has 2 unspecified atom stereocenters. The lowest BCUT2D eigenvalue weighted by Gasteiger charge is -2.16. The van der Waals surface area contributed by atoms with Gasteiger partial charge in [-0.3, -0.25) is 4.98 Å². The largest absolute Gasteiger partial charge is 0.388 e. The molecule has 1 rings (SSSR count). The van der Waals surface area contributed by atoms with E-state index in [-0.39, 0.29) is 5.92 Å². The van der Waals surface area contributed by atoms with E-state index in [4.69, 9.17) is 5.73 Å². The maximum atomic E-state index is 9.68. The van der Waals surface area contributed by atoms with Gasteiger partial charge in [0.2, 0.25) is 0 Å². The molecule has 1 heterocycles. The van der Waals surface area contributed by atoms with Gasteiger partial charge in [0.25, 0.3) is 0 Å². The van der Waals surface area contributed by atoms with E-state index in [1.54, 1.807) is 24.5 Å². The number of rotatable bonds is 3. The molecule has 0 radical (unpaired) electrons. The molecule has 0 aromatic carbocycles. The number of hydrogen-bond acceptors (Lipinski definition) is 3. The molecule has 0 spiro atoms. The quantitative estimate of drug-likeness (QED) is 0.695. The van der Waals surface area contributed by atoms with Crippen LogP contribution in [0.2, 0.25) is 0 Å². The van der Waals surface area contributed by atoms with Crippen LogP contribution in [-0.2, 0) is 0 Å². The number of pyridine rings is 1. The first-order chi connectivity index (χ1) is 5.75. The Morgan fingerprint density at radius 2 is 2.08 bits per heavy atom. The average molecular weight is 166 g/mol. The summed E-state index contributed by atoms with van der Waals surface area (Å²) in [4.78, 5) is 3.87. The second kappa shape index (κ2) is 4.18. The Labute approximate surface area is 72.2 Å². The fraction of sp³-hybridized carbons (Fsp3) is 0.444. The van der Waals surface area contributed by atoms with Crippen LogP contribution in [0.15, 0.2) is 24.5 Å². The lowest BCUT2D eigenvalue weighted by atomic mass is 9.99. The lowest BCUT2D eigenvalue weighted by Crippen LogP contribution is -2.18. The number of aliphatic hydroxyl groups excluding tert-OH is 1. The van der Waals surface area contributed by atoms with Crippen LogP contribution < -0.4 is 5.73 Å². The molecule has 3 heteroatoms. The highest BCUT2D eigenvalue weighted by Gasteiger charge is 2.13. The zero-order valence-corrected chi connectivity index (χ0v) is 7.14. The van der Waals surface area contributed by atoms with E-state index in [9.17, 15) is 5.11 Å². The Morgan fingerprint density at radius 3 is 2.58 bits per heavy atom. The smallest absolute Gasteiger partial charge is 0.0828 e. The highest BCUT2D eigenvalue weighted by molar-refractivity contribution is 5.13. The van der Waals surface area contributed by atoms with E-state index < -0.39 is 6.10 Å². The van der Waals surface area contributed by atoms with E-state index in [2.05, 4.69) is 4.98 Å². The highest BCUT2D eigenvalue weighted by atomic mass is 16.3. The molecule has 66 valence electrons. The molecule has 0 bridgehead atoms. The molecular formula is C9H14N2O. The molecule has 0 saturated carbocycles. The maximum Gasteiger partial charge on any atom is 0.0828 e. The molecule has 0 fully saturated rings. The first-order valence-electron chi connectivity index (χ1n) is 4.03. The number of hydrogen-bond donors (Lipinski definition) is 2. The van der Waals surface area contributed by atoms with Gasteiger partial charge in [-0.2, -0.15) is 0 Å². The Bertz CT molecular complexity index is 225. The van der Waals surface area contributed by atoms with Crippen molar-refractivity contribution in [1.82, 2.24) is 4.98 Å². The van der Waals surface area contributed by atoms with Crippen LogP contribution in [-0.4, -0.2) is 16.6 Å². The van der Waals surface area contributed by atoms with Gasteiger partial charge in [-0.1, -0.05) is 6.92 Å². The molecule has 0 aliphatic rings. The van der Waals surface area contributed by atoms with Gasteiger partial charge in [0.05, 0.1) is 6.10 Å². The second-order valence-corrected chi connectivity index (χ2v) is 2.94. The number of aliphatic hydroxyl groups is 1. The predicted molar refractivity (Wildman–Crippen MR) is 47.4 cm³/mol. The molecule has 0 aliphatic heterocycles. The molecule has 3 N–H and O–H groups in total. The van der Waals surface area contributed by atoms with Gasteiger partial charge < -0.3 is 10.8 Å². The van der Waals surface area contributed by atoms with Crippen molar-refractivity contribution < 1.29 is 5.11 Å². The SMILES string of the molecule is CC(CN)C(O)c1ccncc1. The fourth-order valence-corrected chi connectivity index (χ4v) is 1.02. The van der Waals surface area contributed by atoms with Gasteiger partial charge >= 0.3 is 0 Å². The van der Waals surface area contributed by atoms with Crippen LogP contribution >= 0.6 is 0 Å². The molecule has 3 nitrogen and oxygen atoms in total. The van der Waals surface area contributed by atoms with Crippen molar-refractivity contribution in [2.24, 2.45) is 11.7 Å². The Morgan fingerprint density at radius 1 is 1.50 bits per heavy atom. The normalized spacial score (nSPS) is 15.6. The van der Waals surface area contributed by atoms with E-state index >= 15 is 0 Å². The number of aromatic nitrogens is 1. The van der Waals surface area contributed by atoms with Gasteiger partial charge in [0, 0.05) is 12.4 Å². The van der Waals surface area contributed by atoms with Crippen molar-refractivity contribution in [2.45, 2.75) is 13.0 Å². The molecule has 0 amide bonds. The van der Waals surface area contributed by atoms with Crippen molar-refractivity contribution in [2.75, 3.05) is 6.54 Å². The van der Waals surface area contributed by atoms with Gasteiger partial charge in [0.1, 0.15) is 0 Å². The Kier molecular flexibility index (Phi) is 3.19. The first-order valence-corrected chi connectivity index (χ1v) is 4.03. The van der Waals surface area contributed by atoms with Crippen LogP contribution in [0.25, 0.3) is 0 Å².